The summed E-state index contributed by atoms with van der Waals surface area (Å²) in [5.74, 6) is -0.0904. The Morgan fingerprint density at radius 2 is 2.08 bits per heavy atom. The van der Waals surface area contributed by atoms with Gasteiger partial charge in [0.1, 0.15) is 18.3 Å². The summed E-state index contributed by atoms with van der Waals surface area (Å²) >= 11 is 1.47. The van der Waals surface area contributed by atoms with Gasteiger partial charge in [0.2, 0.25) is 0 Å². The van der Waals surface area contributed by atoms with Crippen molar-refractivity contribution in [3.05, 3.63) is 58.6 Å². The van der Waals surface area contributed by atoms with E-state index in [1.165, 1.54) is 17.7 Å². The first-order valence-corrected chi connectivity index (χ1v) is 8.84. The lowest BCUT2D eigenvalue weighted by Gasteiger charge is -2.24. The molecular weight excluding hydrogens is 372 g/mol. The molecule has 0 saturated carbocycles. The molecule has 0 fully saturated rings. The van der Waals surface area contributed by atoms with E-state index in [0.29, 0.717) is 18.7 Å². The molecule has 9 heteroatoms. The first-order valence-electron chi connectivity index (χ1n) is 7.96. The Morgan fingerprint density at radius 3 is 2.69 bits per heavy atom. The summed E-state index contributed by atoms with van der Waals surface area (Å²) < 4.78 is 1.69. The highest BCUT2D eigenvalue weighted by atomic mass is 35.5. The molecule has 1 atom stereocenters. The molecule has 0 bridgehead atoms. The second-order valence-corrected chi connectivity index (χ2v) is 6.63. The van der Waals surface area contributed by atoms with Crippen LogP contribution in [0.5, 0.6) is 0 Å². The Balaban J connectivity index is 0.00000243. The predicted molar refractivity (Wildman–Crippen MR) is 104 cm³/mol. The average Bonchev–Trinajstić information content (AvgIpc) is 3.32. The van der Waals surface area contributed by atoms with E-state index >= 15 is 0 Å². The maximum atomic E-state index is 12.6. The van der Waals surface area contributed by atoms with Crippen LogP contribution in [0.4, 0.5) is 0 Å². The van der Waals surface area contributed by atoms with Crippen LogP contribution in [0.2, 0.25) is 0 Å². The van der Waals surface area contributed by atoms with Crippen molar-refractivity contribution in [1.82, 2.24) is 24.6 Å². The summed E-state index contributed by atoms with van der Waals surface area (Å²) in [6.07, 6.45) is 3.84. The van der Waals surface area contributed by atoms with Gasteiger partial charge >= 0.3 is 0 Å². The van der Waals surface area contributed by atoms with Crippen molar-refractivity contribution >= 4 is 29.7 Å². The minimum absolute atomic E-state index is 0. The maximum absolute atomic E-state index is 12.6. The van der Waals surface area contributed by atoms with Crippen molar-refractivity contribution in [3.63, 3.8) is 0 Å². The summed E-state index contributed by atoms with van der Waals surface area (Å²) in [7, 11) is 1.79. The molecule has 0 aliphatic carbocycles. The number of hydrogen-bond acceptors (Lipinski definition) is 6. The Kier molecular flexibility index (Phi) is 6.84. The van der Waals surface area contributed by atoms with Crippen molar-refractivity contribution in [2.45, 2.75) is 19.4 Å². The highest BCUT2D eigenvalue weighted by Crippen LogP contribution is 2.22. The molecule has 2 heterocycles. The first-order chi connectivity index (χ1) is 12.1. The number of halogens is 1. The molecule has 0 saturated heterocycles. The number of nitrogens with zero attached hydrogens (tertiary/aromatic N) is 5. The van der Waals surface area contributed by atoms with E-state index in [1.54, 1.807) is 28.3 Å². The Hall–Kier alpha value is -2.29. The van der Waals surface area contributed by atoms with Gasteiger partial charge in [0.15, 0.2) is 0 Å². The van der Waals surface area contributed by atoms with E-state index in [4.69, 9.17) is 5.73 Å². The summed E-state index contributed by atoms with van der Waals surface area (Å²) in [5.41, 5.74) is 7.98. The van der Waals surface area contributed by atoms with E-state index in [-0.39, 0.29) is 24.4 Å². The zero-order chi connectivity index (χ0) is 17.8. The predicted octanol–water partition coefficient (Wildman–Crippen LogP) is 2.48. The van der Waals surface area contributed by atoms with Crippen molar-refractivity contribution in [1.29, 1.82) is 0 Å². The molecule has 0 aliphatic heterocycles. The molecule has 2 N–H and O–H groups in total. The van der Waals surface area contributed by atoms with Gasteiger partial charge in [-0.05, 0) is 31.2 Å². The van der Waals surface area contributed by atoms with Gasteiger partial charge in [0.25, 0.3) is 5.91 Å². The summed E-state index contributed by atoms with van der Waals surface area (Å²) in [6, 6.07) is 7.83. The van der Waals surface area contributed by atoms with E-state index in [0.717, 1.165) is 16.3 Å². The number of hydrogen-bond donors (Lipinski definition) is 1. The standard InChI is InChI=1S/C17H20N6OS.ClH/c1-12(13-3-5-14(6-4-13)23-11-19-10-20-23)22(2)17(24)15-9-25-16(21-15)7-8-18;/h3-6,9-12H,7-8,18H2,1-2H3;1H. The fourth-order valence-electron chi connectivity index (χ4n) is 2.47. The Bertz CT molecular complexity index is 833. The average molecular weight is 393 g/mol. The van der Waals surface area contributed by atoms with Gasteiger partial charge in [-0.25, -0.2) is 14.6 Å². The zero-order valence-electron chi connectivity index (χ0n) is 14.6. The van der Waals surface area contributed by atoms with Crippen LogP contribution in [0, 0.1) is 0 Å². The molecule has 1 aromatic carbocycles. The van der Waals surface area contributed by atoms with Gasteiger partial charge in [-0.1, -0.05) is 12.1 Å². The number of thiazole rings is 1. The lowest BCUT2D eigenvalue weighted by atomic mass is 10.1. The third-order valence-corrected chi connectivity index (χ3v) is 5.00. The molecule has 3 rings (SSSR count). The van der Waals surface area contributed by atoms with Gasteiger partial charge in [-0.2, -0.15) is 5.10 Å². The van der Waals surface area contributed by atoms with Gasteiger partial charge in [0.05, 0.1) is 16.7 Å². The second-order valence-electron chi connectivity index (χ2n) is 5.69. The minimum Gasteiger partial charge on any atom is -0.334 e. The molecule has 0 aliphatic rings. The molecule has 0 radical (unpaired) electrons. The number of benzene rings is 1. The second kappa shape index (κ2) is 8.88. The van der Waals surface area contributed by atoms with Crippen LogP contribution in [0.15, 0.2) is 42.3 Å². The van der Waals surface area contributed by atoms with Crippen LogP contribution in [-0.2, 0) is 6.42 Å². The van der Waals surface area contributed by atoms with Gasteiger partial charge in [-0.3, -0.25) is 4.79 Å². The maximum Gasteiger partial charge on any atom is 0.273 e. The smallest absolute Gasteiger partial charge is 0.273 e. The van der Waals surface area contributed by atoms with Crippen molar-refractivity contribution < 1.29 is 4.79 Å². The summed E-state index contributed by atoms with van der Waals surface area (Å²) in [5, 5.41) is 6.80. The molecule has 3 aromatic rings. The monoisotopic (exact) mass is 392 g/mol. The highest BCUT2D eigenvalue weighted by molar-refractivity contribution is 7.09. The topological polar surface area (TPSA) is 89.9 Å². The van der Waals surface area contributed by atoms with Gasteiger partial charge in [0, 0.05) is 18.8 Å². The molecule has 2 aromatic heterocycles. The van der Waals surface area contributed by atoms with E-state index < -0.39 is 0 Å². The number of amides is 1. The molecule has 26 heavy (non-hydrogen) atoms. The van der Waals surface area contributed by atoms with Crippen molar-refractivity contribution in [2.75, 3.05) is 13.6 Å². The normalized spacial score (nSPS) is 11.7. The number of nitrogens with two attached hydrogens (primary N) is 1. The third-order valence-electron chi connectivity index (χ3n) is 4.09. The number of carbonyl (C=O) groups is 1. The van der Waals surface area contributed by atoms with Crippen LogP contribution < -0.4 is 5.73 Å². The largest absolute Gasteiger partial charge is 0.334 e. The van der Waals surface area contributed by atoms with Crippen LogP contribution in [-0.4, -0.2) is 44.1 Å². The molecule has 0 spiro atoms. The van der Waals surface area contributed by atoms with Crippen LogP contribution in [0.1, 0.15) is 34.0 Å². The number of aromatic nitrogens is 4. The zero-order valence-corrected chi connectivity index (χ0v) is 16.2. The van der Waals surface area contributed by atoms with E-state index in [1.807, 2.05) is 31.2 Å². The van der Waals surface area contributed by atoms with E-state index in [9.17, 15) is 4.79 Å². The fraction of sp³-hybridized carbons (Fsp3) is 0.294. The minimum atomic E-state index is -0.0904. The molecule has 7 nitrogen and oxygen atoms in total. The quantitative estimate of drug-likeness (QED) is 0.696. The first kappa shape index (κ1) is 20.0. The molecular formula is C17H21ClN6OS. The summed E-state index contributed by atoms with van der Waals surface area (Å²) in [4.78, 5) is 22.7. The van der Waals surface area contributed by atoms with Crippen LogP contribution >= 0.6 is 23.7 Å². The van der Waals surface area contributed by atoms with Gasteiger partial charge < -0.3 is 10.6 Å². The van der Waals surface area contributed by atoms with Crippen LogP contribution in [0.3, 0.4) is 0 Å². The molecule has 1 unspecified atom stereocenters. The molecule has 138 valence electrons. The number of rotatable bonds is 6. The van der Waals surface area contributed by atoms with Crippen LogP contribution in [0.25, 0.3) is 5.69 Å². The van der Waals surface area contributed by atoms with E-state index in [2.05, 4.69) is 15.1 Å². The third kappa shape index (κ3) is 4.27. The van der Waals surface area contributed by atoms with Crippen molar-refractivity contribution in [3.8, 4) is 5.69 Å². The van der Waals surface area contributed by atoms with Crippen molar-refractivity contribution in [2.24, 2.45) is 5.73 Å². The SMILES string of the molecule is CC(c1ccc(-n2cncn2)cc1)N(C)C(=O)c1csc(CCN)n1.Cl. The lowest BCUT2D eigenvalue weighted by molar-refractivity contribution is 0.0737. The summed E-state index contributed by atoms with van der Waals surface area (Å²) in [6.45, 7) is 2.53. The fourth-order valence-corrected chi connectivity index (χ4v) is 3.26. The number of carbonyl (C=O) groups excluding carboxylic acids is 1. The van der Waals surface area contributed by atoms with Gasteiger partial charge in [-0.15, -0.1) is 23.7 Å². The Labute approximate surface area is 162 Å². The Morgan fingerprint density at radius 1 is 1.35 bits per heavy atom. The lowest BCUT2D eigenvalue weighted by Crippen LogP contribution is -2.30. The highest BCUT2D eigenvalue weighted by Gasteiger charge is 2.21. The molecule has 1 amide bonds.